The van der Waals surface area contributed by atoms with E-state index in [9.17, 15) is 0 Å². The van der Waals surface area contributed by atoms with Crippen LogP contribution in [0.3, 0.4) is 0 Å². The largest absolute Gasteiger partial charge is 0.543 e. The van der Waals surface area contributed by atoms with Gasteiger partial charge in [-0.25, -0.2) is 0 Å². The van der Waals surface area contributed by atoms with Gasteiger partial charge in [0.25, 0.3) is 0 Å². The third kappa shape index (κ3) is 6.00. The third-order valence-corrected chi connectivity index (χ3v) is 5.57. The molecule has 0 radical (unpaired) electrons. The number of unbranched alkanes of at least 4 members (excludes halogenated alkanes) is 1. The maximum absolute atomic E-state index is 5.76. The highest BCUT2D eigenvalue weighted by molar-refractivity contribution is 6.62. The van der Waals surface area contributed by atoms with Crippen LogP contribution >= 0.6 is 0 Å². The first-order valence-electron chi connectivity index (χ1n) is 6.89. The van der Waals surface area contributed by atoms with Crippen molar-refractivity contribution in [3.05, 3.63) is 12.3 Å². The molecule has 0 aromatic heterocycles. The maximum atomic E-state index is 5.76. The van der Waals surface area contributed by atoms with Crippen LogP contribution in [0.2, 0.25) is 0 Å². The van der Waals surface area contributed by atoms with E-state index in [4.69, 9.17) is 18.0 Å². The van der Waals surface area contributed by atoms with Gasteiger partial charge in [0.1, 0.15) is 0 Å². The maximum Gasteiger partial charge on any atom is 0.543 e. The van der Waals surface area contributed by atoms with E-state index in [0.29, 0.717) is 19.8 Å². The summed E-state index contributed by atoms with van der Waals surface area (Å²) in [5.41, 5.74) is -0.189. The highest BCUT2D eigenvalue weighted by atomic mass is 28.4. The van der Waals surface area contributed by atoms with Crippen LogP contribution in [0.4, 0.5) is 0 Å². The SMILES string of the molecule is CCC/C=C\OC(C)[Si](OCC)(OCC)OCC. The van der Waals surface area contributed by atoms with Crippen molar-refractivity contribution < 1.29 is 18.0 Å². The van der Waals surface area contributed by atoms with Crippen LogP contribution in [0.5, 0.6) is 0 Å². The monoisotopic (exact) mass is 276 g/mol. The second kappa shape index (κ2) is 10.5. The van der Waals surface area contributed by atoms with Crippen molar-refractivity contribution in [3.63, 3.8) is 0 Å². The fourth-order valence-corrected chi connectivity index (χ4v) is 3.98. The first kappa shape index (κ1) is 17.6. The smallest absolute Gasteiger partial charge is 0.494 e. The highest BCUT2D eigenvalue weighted by Crippen LogP contribution is 2.18. The van der Waals surface area contributed by atoms with Gasteiger partial charge in [-0.3, -0.25) is 0 Å². The number of hydrogen-bond donors (Lipinski definition) is 0. The molecule has 0 N–H and O–H groups in total. The Hall–Kier alpha value is -0.363. The number of hydrogen-bond acceptors (Lipinski definition) is 4. The minimum atomic E-state index is -2.73. The number of allylic oxidation sites excluding steroid dienone is 1. The van der Waals surface area contributed by atoms with Gasteiger partial charge in [-0.2, -0.15) is 0 Å². The third-order valence-electron chi connectivity index (χ3n) is 2.37. The molecule has 0 aliphatic rings. The molecule has 18 heavy (non-hydrogen) atoms. The molecule has 0 heterocycles. The average molecular weight is 276 g/mol. The summed E-state index contributed by atoms with van der Waals surface area (Å²) in [5.74, 6) is 0. The van der Waals surface area contributed by atoms with Crippen molar-refractivity contribution in [2.24, 2.45) is 0 Å². The van der Waals surface area contributed by atoms with Gasteiger partial charge in [0, 0.05) is 19.8 Å². The second-order valence-electron chi connectivity index (χ2n) is 3.84. The van der Waals surface area contributed by atoms with Crippen molar-refractivity contribution >= 4 is 8.80 Å². The summed E-state index contributed by atoms with van der Waals surface area (Å²) in [6.07, 6.45) is 5.87. The molecule has 1 unspecified atom stereocenters. The standard InChI is InChI=1S/C13H28O4Si/c1-6-10-11-12-14-13(5)18(15-7-2,16-8-3)17-9-4/h11-13H,6-10H2,1-5H3/b12-11-. The molecule has 4 nitrogen and oxygen atoms in total. The lowest BCUT2D eigenvalue weighted by Gasteiger charge is -2.32. The molecule has 0 amide bonds. The molecule has 0 rings (SSSR count). The molecular formula is C13H28O4Si. The summed E-state index contributed by atoms with van der Waals surface area (Å²) >= 11 is 0. The zero-order valence-corrected chi connectivity index (χ0v) is 13.4. The zero-order valence-electron chi connectivity index (χ0n) is 12.4. The van der Waals surface area contributed by atoms with E-state index < -0.39 is 8.80 Å². The predicted octanol–water partition coefficient (Wildman–Crippen LogP) is 3.29. The molecule has 0 spiro atoms. The molecule has 5 heteroatoms. The first-order chi connectivity index (χ1) is 8.66. The Labute approximate surface area is 113 Å². The second-order valence-corrected chi connectivity index (χ2v) is 6.73. The highest BCUT2D eigenvalue weighted by Gasteiger charge is 2.48. The van der Waals surface area contributed by atoms with Gasteiger partial charge in [0.15, 0.2) is 5.73 Å². The van der Waals surface area contributed by atoms with Crippen molar-refractivity contribution in [1.82, 2.24) is 0 Å². The van der Waals surface area contributed by atoms with Crippen LogP contribution in [0.15, 0.2) is 12.3 Å². The predicted molar refractivity (Wildman–Crippen MR) is 75.2 cm³/mol. The number of rotatable bonds is 11. The van der Waals surface area contributed by atoms with Crippen LogP contribution in [0.1, 0.15) is 47.5 Å². The van der Waals surface area contributed by atoms with E-state index in [1.54, 1.807) is 6.26 Å². The number of ether oxygens (including phenoxy) is 1. The fourth-order valence-electron chi connectivity index (χ4n) is 1.57. The Morgan fingerprint density at radius 3 is 1.83 bits per heavy atom. The van der Waals surface area contributed by atoms with Gasteiger partial charge in [-0.15, -0.1) is 0 Å². The van der Waals surface area contributed by atoms with E-state index in [1.807, 2.05) is 33.8 Å². The molecule has 0 fully saturated rings. The van der Waals surface area contributed by atoms with Gasteiger partial charge in [-0.05, 0) is 40.2 Å². The minimum absolute atomic E-state index is 0.189. The summed E-state index contributed by atoms with van der Waals surface area (Å²) in [7, 11) is -2.73. The van der Waals surface area contributed by atoms with Crippen molar-refractivity contribution in [3.8, 4) is 0 Å². The van der Waals surface area contributed by atoms with Crippen LogP contribution < -0.4 is 0 Å². The van der Waals surface area contributed by atoms with Gasteiger partial charge in [0.05, 0.1) is 6.26 Å². The Kier molecular flexibility index (Phi) is 10.3. The molecule has 0 aliphatic carbocycles. The van der Waals surface area contributed by atoms with Gasteiger partial charge >= 0.3 is 8.80 Å². The first-order valence-corrected chi connectivity index (χ1v) is 8.69. The Bertz CT molecular complexity index is 204. The minimum Gasteiger partial charge on any atom is -0.494 e. The Balaban J connectivity index is 4.58. The molecule has 108 valence electrons. The molecule has 1 atom stereocenters. The topological polar surface area (TPSA) is 36.9 Å². The van der Waals surface area contributed by atoms with Crippen LogP contribution in [0, 0.1) is 0 Å². The summed E-state index contributed by atoms with van der Waals surface area (Å²) in [6, 6.07) is 0. The molecule has 0 aromatic carbocycles. The Morgan fingerprint density at radius 2 is 1.44 bits per heavy atom. The zero-order chi connectivity index (χ0) is 13.9. The average Bonchev–Trinajstić information content (AvgIpc) is 2.35. The van der Waals surface area contributed by atoms with E-state index in [-0.39, 0.29) is 5.73 Å². The van der Waals surface area contributed by atoms with Crippen LogP contribution in [-0.2, 0) is 18.0 Å². The normalized spacial score (nSPS) is 14.1. The molecule has 0 saturated carbocycles. The lowest BCUT2D eigenvalue weighted by molar-refractivity contribution is 0.0224. The van der Waals surface area contributed by atoms with Crippen molar-refractivity contribution in [2.45, 2.75) is 53.2 Å². The molecule has 0 aliphatic heterocycles. The van der Waals surface area contributed by atoms with Crippen LogP contribution in [-0.4, -0.2) is 34.4 Å². The summed E-state index contributed by atoms with van der Waals surface area (Å²) in [5, 5.41) is 0. The quantitative estimate of drug-likeness (QED) is 0.428. The lowest BCUT2D eigenvalue weighted by atomic mass is 10.3. The summed E-state index contributed by atoms with van der Waals surface area (Å²) in [4.78, 5) is 0. The molecule has 0 bridgehead atoms. The van der Waals surface area contributed by atoms with E-state index in [1.165, 1.54) is 0 Å². The van der Waals surface area contributed by atoms with Crippen molar-refractivity contribution in [2.75, 3.05) is 19.8 Å². The van der Waals surface area contributed by atoms with Crippen molar-refractivity contribution in [1.29, 1.82) is 0 Å². The fraction of sp³-hybridized carbons (Fsp3) is 0.846. The molecular weight excluding hydrogens is 248 g/mol. The Morgan fingerprint density at radius 1 is 0.944 bits per heavy atom. The van der Waals surface area contributed by atoms with Crippen LogP contribution in [0.25, 0.3) is 0 Å². The molecule has 0 saturated heterocycles. The summed E-state index contributed by atoms with van der Waals surface area (Å²) < 4.78 is 23.0. The van der Waals surface area contributed by atoms with Gasteiger partial charge < -0.3 is 18.0 Å². The van der Waals surface area contributed by atoms with E-state index >= 15 is 0 Å². The lowest BCUT2D eigenvalue weighted by Crippen LogP contribution is -2.56. The van der Waals surface area contributed by atoms with E-state index in [2.05, 4.69) is 6.92 Å². The summed E-state index contributed by atoms with van der Waals surface area (Å²) in [6.45, 7) is 11.6. The van der Waals surface area contributed by atoms with Gasteiger partial charge in [-0.1, -0.05) is 13.3 Å². The van der Waals surface area contributed by atoms with Gasteiger partial charge in [0.2, 0.25) is 0 Å². The molecule has 0 aromatic rings. The van der Waals surface area contributed by atoms with E-state index in [0.717, 1.165) is 12.8 Å².